The van der Waals surface area contributed by atoms with Crippen LogP contribution in [0.25, 0.3) is 0 Å². The Labute approximate surface area is 120 Å². The molecule has 1 unspecified atom stereocenters. The highest BCUT2D eigenvalue weighted by atomic mass is 16.5. The van der Waals surface area contributed by atoms with Gasteiger partial charge in [0, 0.05) is 11.3 Å². The van der Waals surface area contributed by atoms with Gasteiger partial charge in [0.1, 0.15) is 11.5 Å². The van der Waals surface area contributed by atoms with Gasteiger partial charge in [-0.05, 0) is 43.2 Å². The molecule has 0 aliphatic rings. The van der Waals surface area contributed by atoms with Gasteiger partial charge in [-0.15, -0.1) is 0 Å². The number of phenolic OH excluding ortho intramolecular Hbond substituents is 1. The first-order chi connectivity index (χ1) is 9.65. The van der Waals surface area contributed by atoms with Gasteiger partial charge in [0.2, 0.25) is 0 Å². The summed E-state index contributed by atoms with van der Waals surface area (Å²) in [5.74, 6) is 1.21. The van der Waals surface area contributed by atoms with Crippen LogP contribution in [0.15, 0.2) is 42.5 Å². The van der Waals surface area contributed by atoms with Crippen LogP contribution in [0.4, 0.5) is 5.69 Å². The fraction of sp³-hybridized carbons (Fsp3) is 0.294. The summed E-state index contributed by atoms with van der Waals surface area (Å²) >= 11 is 0. The second kappa shape index (κ2) is 6.33. The lowest BCUT2D eigenvalue weighted by Gasteiger charge is -2.20. The van der Waals surface area contributed by atoms with Crippen LogP contribution in [-0.4, -0.2) is 12.2 Å². The van der Waals surface area contributed by atoms with E-state index in [0.29, 0.717) is 5.75 Å². The Morgan fingerprint density at radius 3 is 2.55 bits per heavy atom. The summed E-state index contributed by atoms with van der Waals surface area (Å²) in [5.41, 5.74) is 3.03. The number of methoxy groups -OCH3 is 1. The third kappa shape index (κ3) is 3.05. The van der Waals surface area contributed by atoms with Crippen LogP contribution in [0, 0.1) is 6.92 Å². The Morgan fingerprint density at radius 2 is 1.95 bits per heavy atom. The molecule has 0 aliphatic carbocycles. The molecule has 3 nitrogen and oxygen atoms in total. The maximum Gasteiger partial charge on any atom is 0.121 e. The monoisotopic (exact) mass is 271 g/mol. The lowest BCUT2D eigenvalue weighted by atomic mass is 10.0. The van der Waals surface area contributed by atoms with Crippen LogP contribution in [-0.2, 0) is 0 Å². The Morgan fingerprint density at radius 1 is 1.20 bits per heavy atom. The number of nitrogens with one attached hydrogen (secondary N) is 1. The lowest BCUT2D eigenvalue weighted by Crippen LogP contribution is -2.10. The molecule has 3 heteroatoms. The molecule has 0 radical (unpaired) electrons. The van der Waals surface area contributed by atoms with E-state index in [9.17, 15) is 5.11 Å². The number of para-hydroxylation sites is 1. The number of hydrogen-bond acceptors (Lipinski definition) is 3. The zero-order chi connectivity index (χ0) is 14.5. The number of rotatable bonds is 5. The molecule has 0 heterocycles. The fourth-order valence-corrected chi connectivity index (χ4v) is 2.35. The van der Waals surface area contributed by atoms with E-state index in [1.165, 1.54) is 0 Å². The summed E-state index contributed by atoms with van der Waals surface area (Å²) in [6, 6.07) is 13.5. The van der Waals surface area contributed by atoms with Gasteiger partial charge in [0.05, 0.1) is 13.2 Å². The number of ether oxygens (including phenoxy) is 1. The van der Waals surface area contributed by atoms with Crippen molar-refractivity contribution in [1.82, 2.24) is 0 Å². The maximum absolute atomic E-state index is 9.97. The van der Waals surface area contributed by atoms with E-state index in [4.69, 9.17) is 4.74 Å². The van der Waals surface area contributed by atoms with Gasteiger partial charge in [-0.3, -0.25) is 0 Å². The molecule has 0 spiro atoms. The number of phenols is 1. The second-order valence-corrected chi connectivity index (χ2v) is 4.85. The number of anilines is 1. The van der Waals surface area contributed by atoms with Crippen molar-refractivity contribution in [1.29, 1.82) is 0 Å². The van der Waals surface area contributed by atoms with Crippen LogP contribution in [0.1, 0.15) is 30.5 Å². The third-order valence-corrected chi connectivity index (χ3v) is 3.46. The molecule has 0 fully saturated rings. The molecule has 0 aliphatic heterocycles. The smallest absolute Gasteiger partial charge is 0.121 e. The standard InChI is InChI=1S/C17H21NO2/c1-4-15(14-7-5-6-8-16(14)19)18-13-9-10-17(20-3)12(2)11-13/h5-11,15,18-19H,4H2,1-3H3. The summed E-state index contributed by atoms with van der Waals surface area (Å²) in [5, 5.41) is 13.4. The molecule has 0 saturated carbocycles. The molecular formula is C17H21NO2. The molecule has 2 rings (SSSR count). The number of aryl methyl sites for hydroxylation is 1. The molecule has 2 N–H and O–H groups in total. The molecule has 0 bridgehead atoms. The van der Waals surface area contributed by atoms with Crippen molar-refractivity contribution in [2.75, 3.05) is 12.4 Å². The minimum atomic E-state index is 0.0870. The van der Waals surface area contributed by atoms with Crippen LogP contribution in [0.5, 0.6) is 11.5 Å². The Kier molecular flexibility index (Phi) is 4.51. The summed E-state index contributed by atoms with van der Waals surface area (Å²) in [7, 11) is 1.67. The van der Waals surface area contributed by atoms with Crippen molar-refractivity contribution >= 4 is 5.69 Å². The summed E-state index contributed by atoms with van der Waals surface area (Å²) < 4.78 is 5.27. The minimum Gasteiger partial charge on any atom is -0.508 e. The van der Waals surface area contributed by atoms with E-state index >= 15 is 0 Å². The van der Waals surface area contributed by atoms with Crippen molar-refractivity contribution in [3.05, 3.63) is 53.6 Å². The van der Waals surface area contributed by atoms with E-state index in [1.807, 2.05) is 37.3 Å². The average molecular weight is 271 g/mol. The van der Waals surface area contributed by atoms with Gasteiger partial charge in [-0.25, -0.2) is 0 Å². The van der Waals surface area contributed by atoms with E-state index in [0.717, 1.165) is 29.0 Å². The molecule has 2 aromatic rings. The maximum atomic E-state index is 9.97. The van der Waals surface area contributed by atoms with Crippen LogP contribution >= 0.6 is 0 Å². The zero-order valence-electron chi connectivity index (χ0n) is 12.2. The van der Waals surface area contributed by atoms with E-state index in [-0.39, 0.29) is 6.04 Å². The first kappa shape index (κ1) is 14.3. The molecule has 1 atom stereocenters. The molecule has 0 saturated heterocycles. The highest BCUT2D eigenvalue weighted by Crippen LogP contribution is 2.30. The van der Waals surface area contributed by atoms with Gasteiger partial charge in [-0.2, -0.15) is 0 Å². The Balaban J connectivity index is 2.23. The quantitative estimate of drug-likeness (QED) is 0.853. The van der Waals surface area contributed by atoms with Gasteiger partial charge < -0.3 is 15.2 Å². The van der Waals surface area contributed by atoms with Crippen LogP contribution in [0.2, 0.25) is 0 Å². The topological polar surface area (TPSA) is 41.5 Å². The Bertz CT molecular complexity index is 581. The number of aromatic hydroxyl groups is 1. The van der Waals surface area contributed by atoms with E-state index < -0.39 is 0 Å². The largest absolute Gasteiger partial charge is 0.508 e. The molecule has 106 valence electrons. The van der Waals surface area contributed by atoms with Crippen LogP contribution in [0.3, 0.4) is 0 Å². The number of benzene rings is 2. The first-order valence-corrected chi connectivity index (χ1v) is 6.84. The van der Waals surface area contributed by atoms with Gasteiger partial charge in [0.25, 0.3) is 0 Å². The SMILES string of the molecule is CCC(Nc1ccc(OC)c(C)c1)c1ccccc1O. The van der Waals surface area contributed by atoms with Gasteiger partial charge >= 0.3 is 0 Å². The molecular weight excluding hydrogens is 250 g/mol. The average Bonchev–Trinajstić information content (AvgIpc) is 2.46. The fourth-order valence-electron chi connectivity index (χ4n) is 2.35. The van der Waals surface area contributed by atoms with Crippen LogP contribution < -0.4 is 10.1 Å². The summed E-state index contributed by atoms with van der Waals surface area (Å²) in [4.78, 5) is 0. The normalized spacial score (nSPS) is 11.9. The summed E-state index contributed by atoms with van der Waals surface area (Å²) in [6.45, 7) is 4.12. The van der Waals surface area contributed by atoms with Gasteiger partial charge in [0.15, 0.2) is 0 Å². The van der Waals surface area contributed by atoms with Gasteiger partial charge in [-0.1, -0.05) is 25.1 Å². The van der Waals surface area contributed by atoms with Crippen molar-refractivity contribution in [3.8, 4) is 11.5 Å². The summed E-state index contributed by atoms with van der Waals surface area (Å²) in [6.07, 6.45) is 0.892. The van der Waals surface area contributed by atoms with E-state index in [1.54, 1.807) is 13.2 Å². The van der Waals surface area contributed by atoms with Crippen molar-refractivity contribution in [3.63, 3.8) is 0 Å². The first-order valence-electron chi connectivity index (χ1n) is 6.84. The predicted molar refractivity (Wildman–Crippen MR) is 82.5 cm³/mol. The lowest BCUT2D eigenvalue weighted by molar-refractivity contribution is 0.411. The minimum absolute atomic E-state index is 0.0870. The predicted octanol–water partition coefficient (Wildman–Crippen LogP) is 4.27. The van der Waals surface area contributed by atoms with E-state index in [2.05, 4.69) is 18.3 Å². The molecule has 2 aromatic carbocycles. The van der Waals surface area contributed by atoms with Crippen molar-refractivity contribution in [2.24, 2.45) is 0 Å². The van der Waals surface area contributed by atoms with Crippen molar-refractivity contribution < 1.29 is 9.84 Å². The highest BCUT2D eigenvalue weighted by Gasteiger charge is 2.13. The Hall–Kier alpha value is -2.16. The number of hydrogen-bond donors (Lipinski definition) is 2. The molecule has 0 amide bonds. The third-order valence-electron chi connectivity index (χ3n) is 3.46. The second-order valence-electron chi connectivity index (χ2n) is 4.85. The molecule has 0 aromatic heterocycles. The molecule has 20 heavy (non-hydrogen) atoms. The zero-order valence-corrected chi connectivity index (χ0v) is 12.2. The van der Waals surface area contributed by atoms with Crippen molar-refractivity contribution in [2.45, 2.75) is 26.3 Å². The highest BCUT2D eigenvalue weighted by molar-refractivity contribution is 5.53.